The minimum atomic E-state index is -0.0656. The highest BCUT2D eigenvalue weighted by molar-refractivity contribution is 6.02. The summed E-state index contributed by atoms with van der Waals surface area (Å²) in [6, 6.07) is 28.4. The van der Waals surface area contributed by atoms with Gasteiger partial charge in [-0.05, 0) is 142 Å². The van der Waals surface area contributed by atoms with Crippen molar-refractivity contribution in [3.8, 4) is 17.2 Å². The molecule has 6 heterocycles. The average Bonchev–Trinajstić information content (AvgIpc) is 3.94. The van der Waals surface area contributed by atoms with E-state index in [-0.39, 0.29) is 28.7 Å². The molecule has 11 heteroatoms. The second kappa shape index (κ2) is 21.1. The summed E-state index contributed by atoms with van der Waals surface area (Å²) >= 11 is 0. The van der Waals surface area contributed by atoms with Gasteiger partial charge in [0.2, 0.25) is 5.91 Å². The second-order valence-electron chi connectivity index (χ2n) is 19.1. The van der Waals surface area contributed by atoms with Crippen LogP contribution in [0.25, 0.3) is 0 Å². The van der Waals surface area contributed by atoms with Gasteiger partial charge in [0.15, 0.2) is 0 Å². The van der Waals surface area contributed by atoms with E-state index in [0.29, 0.717) is 42.0 Å². The first-order valence-corrected chi connectivity index (χ1v) is 24.6. The molecule has 4 aromatic carbocycles. The number of phenols is 1. The number of aryl methyl sites for hydroxylation is 1. The van der Waals surface area contributed by atoms with Crippen LogP contribution < -0.4 is 25.0 Å². The summed E-state index contributed by atoms with van der Waals surface area (Å²) in [5, 5.41) is 15.9. The van der Waals surface area contributed by atoms with Crippen LogP contribution in [-0.4, -0.2) is 93.8 Å². The van der Waals surface area contributed by atoms with Crippen molar-refractivity contribution in [2.24, 2.45) is 5.92 Å². The highest BCUT2D eigenvalue weighted by Crippen LogP contribution is 2.52. The number of phenolic OH excluding ortho intramolecular Hbond substituents is 1. The molecule has 4 aromatic rings. The predicted octanol–water partition coefficient (Wildman–Crippen LogP) is 8.83. The first-order valence-electron chi connectivity index (χ1n) is 24.6. The lowest BCUT2D eigenvalue weighted by molar-refractivity contribution is -0.122. The van der Waals surface area contributed by atoms with Gasteiger partial charge in [-0.2, -0.15) is 0 Å². The molecule has 0 aromatic heterocycles. The fraction of sp³-hybridized carbons (Fsp3) is 0.509. The number of aromatic hydroxyl groups is 1. The van der Waals surface area contributed by atoms with Crippen molar-refractivity contribution >= 4 is 24.3 Å². The van der Waals surface area contributed by atoms with Gasteiger partial charge in [0.1, 0.15) is 24.0 Å². The fourth-order valence-electron chi connectivity index (χ4n) is 11.8. The van der Waals surface area contributed by atoms with Crippen molar-refractivity contribution in [3.63, 3.8) is 0 Å². The monoisotopic (exact) mass is 899 g/mol. The number of hydrogen-bond acceptors (Lipinski definition) is 9. The van der Waals surface area contributed by atoms with Crippen molar-refractivity contribution in [1.82, 2.24) is 15.5 Å². The van der Waals surface area contributed by atoms with Crippen molar-refractivity contribution in [1.29, 1.82) is 0 Å². The molecule has 6 aliphatic heterocycles. The van der Waals surface area contributed by atoms with Gasteiger partial charge < -0.3 is 44.5 Å². The Morgan fingerprint density at radius 3 is 2.24 bits per heavy atom. The number of fused-ring (bicyclic) bond motifs is 5. The number of ether oxygens (including phenoxy) is 3. The molecule has 4 fully saturated rings. The van der Waals surface area contributed by atoms with Gasteiger partial charge in [-0.1, -0.05) is 62.4 Å². The zero-order chi connectivity index (χ0) is 46.3. The maximum absolute atomic E-state index is 12.5. The fourth-order valence-corrected chi connectivity index (χ4v) is 11.8. The number of carbonyl (C=O) groups excluding carboxylic acids is 3. The summed E-state index contributed by atoms with van der Waals surface area (Å²) in [5.74, 6) is 3.36. The van der Waals surface area contributed by atoms with Gasteiger partial charge in [-0.25, -0.2) is 0 Å². The SMILES string of the molecule is C=O.CC.COc1cc2c(c3c1C(=O)NC3)OCC21CCN(CC2CCC3(CCN(c4ccc(C5c6ccc(O)cc6CCC5c5ccccc5)cc4)CC3)OC2)CC1.O=C1CCCCN1. The van der Waals surface area contributed by atoms with E-state index < -0.39 is 0 Å². The predicted molar refractivity (Wildman–Crippen MR) is 259 cm³/mol. The molecule has 3 unspecified atom stereocenters. The van der Waals surface area contributed by atoms with Crippen molar-refractivity contribution < 1.29 is 33.7 Å². The van der Waals surface area contributed by atoms with E-state index >= 15 is 0 Å². The van der Waals surface area contributed by atoms with Crippen LogP contribution in [-0.2, 0) is 32.7 Å². The van der Waals surface area contributed by atoms with Gasteiger partial charge in [-0.15, -0.1) is 0 Å². The van der Waals surface area contributed by atoms with Crippen LogP contribution in [0, 0.1) is 5.92 Å². The molecule has 352 valence electrons. The first-order chi connectivity index (χ1) is 32.3. The Labute approximate surface area is 391 Å². The molecular weight excluding hydrogens is 829 g/mol. The van der Waals surface area contributed by atoms with Crippen LogP contribution >= 0.6 is 0 Å². The molecule has 2 spiro atoms. The summed E-state index contributed by atoms with van der Waals surface area (Å²) in [6.45, 7) is 14.2. The van der Waals surface area contributed by atoms with Gasteiger partial charge in [0, 0.05) is 67.3 Å². The smallest absolute Gasteiger partial charge is 0.255 e. The number of rotatable bonds is 6. The largest absolute Gasteiger partial charge is 0.508 e. The van der Waals surface area contributed by atoms with Crippen molar-refractivity contribution in [3.05, 3.63) is 118 Å². The van der Waals surface area contributed by atoms with Crippen LogP contribution in [0.3, 0.4) is 0 Å². The molecule has 11 rings (SSSR count). The summed E-state index contributed by atoms with van der Waals surface area (Å²) in [6.07, 6.45) is 11.7. The van der Waals surface area contributed by atoms with Crippen molar-refractivity contribution in [2.75, 3.05) is 64.5 Å². The van der Waals surface area contributed by atoms with Gasteiger partial charge >= 0.3 is 0 Å². The Morgan fingerprint density at radius 1 is 0.833 bits per heavy atom. The van der Waals surface area contributed by atoms with E-state index in [4.69, 9.17) is 19.0 Å². The zero-order valence-electron chi connectivity index (χ0n) is 39.4. The van der Waals surface area contributed by atoms with Gasteiger partial charge in [0.25, 0.3) is 5.91 Å². The number of amides is 2. The number of piperidine rings is 3. The number of nitrogens with zero attached hydrogens (tertiary/aromatic N) is 2. The molecule has 0 radical (unpaired) electrons. The maximum atomic E-state index is 12.5. The molecule has 3 N–H and O–H groups in total. The minimum Gasteiger partial charge on any atom is -0.508 e. The molecule has 1 aliphatic carbocycles. The maximum Gasteiger partial charge on any atom is 0.255 e. The van der Waals surface area contributed by atoms with Crippen molar-refractivity contribution in [2.45, 2.75) is 114 Å². The number of benzene rings is 4. The van der Waals surface area contributed by atoms with E-state index in [2.05, 4.69) is 87.2 Å². The number of carbonyl (C=O) groups is 3. The second-order valence-corrected chi connectivity index (χ2v) is 19.1. The van der Waals surface area contributed by atoms with E-state index in [1.807, 2.05) is 32.8 Å². The molecule has 0 bridgehead atoms. The number of hydrogen-bond donors (Lipinski definition) is 3. The normalized spacial score (nSPS) is 23.4. The number of anilines is 1. The van der Waals surface area contributed by atoms with Crippen LogP contribution in [0.2, 0.25) is 0 Å². The lowest BCUT2D eigenvalue weighted by Crippen LogP contribution is -2.51. The number of likely N-dealkylation sites (tertiary alicyclic amines) is 1. The van der Waals surface area contributed by atoms with E-state index in [1.54, 1.807) is 7.11 Å². The summed E-state index contributed by atoms with van der Waals surface area (Å²) in [7, 11) is 1.66. The van der Waals surface area contributed by atoms with Crippen LogP contribution in [0.5, 0.6) is 17.2 Å². The lowest BCUT2D eigenvalue weighted by Gasteiger charge is -2.47. The minimum absolute atomic E-state index is 0.00203. The van der Waals surface area contributed by atoms with Gasteiger partial charge in [0.05, 0.1) is 31.5 Å². The molecule has 7 aliphatic rings. The topological polar surface area (TPSA) is 130 Å². The molecule has 11 nitrogen and oxygen atoms in total. The van der Waals surface area contributed by atoms with E-state index in [9.17, 15) is 14.7 Å². The lowest BCUT2D eigenvalue weighted by atomic mass is 9.69. The van der Waals surface area contributed by atoms with Crippen LogP contribution in [0.15, 0.2) is 78.9 Å². The zero-order valence-corrected chi connectivity index (χ0v) is 39.4. The molecule has 66 heavy (non-hydrogen) atoms. The number of methoxy groups -OCH3 is 1. The molecule has 3 atom stereocenters. The summed E-state index contributed by atoms with van der Waals surface area (Å²) in [5.41, 5.74) is 9.52. The van der Waals surface area contributed by atoms with Gasteiger partial charge in [-0.3, -0.25) is 9.59 Å². The first kappa shape index (κ1) is 47.1. The quantitative estimate of drug-likeness (QED) is 0.174. The Morgan fingerprint density at radius 2 is 1.59 bits per heavy atom. The highest BCUT2D eigenvalue weighted by atomic mass is 16.5. The van der Waals surface area contributed by atoms with Crippen LogP contribution in [0.4, 0.5) is 5.69 Å². The standard InChI is InChI=1S/C47H53N3O5.C5H9NO.C2H6.CH2O/c1-53-41-26-40-44(39-27-48-45(52)43(39)41)54-30-46(40)17-21-49(22-18-46)28-31-15-16-47(55-29-31)19-23-50(24-20-47)35-10-7-33(8-11-35)42-37(32-5-3-2-4-6-32)13-9-34-25-36(51)12-14-38(34)42;7-5-3-1-2-4-6-5;2*1-2/h2-8,10-12,14,25-26,31,37,42,51H,9,13,15-24,27-30H2,1H3,(H,48,52);1-4H2,(H,6,7);1-2H3;1H2. The Kier molecular flexibility index (Phi) is 15.0. The average molecular weight is 899 g/mol. The third-order valence-electron chi connectivity index (χ3n) is 15.5. The Balaban J connectivity index is 0.000000484. The molecular formula is C55H70N4O7. The molecule has 0 saturated carbocycles. The third-order valence-corrected chi connectivity index (χ3v) is 15.5. The van der Waals surface area contributed by atoms with E-state index in [0.717, 1.165) is 121 Å². The summed E-state index contributed by atoms with van der Waals surface area (Å²) in [4.78, 5) is 36.0. The highest BCUT2D eigenvalue weighted by Gasteiger charge is 2.47. The molecule has 2 amide bonds. The van der Waals surface area contributed by atoms with E-state index in [1.165, 1.54) is 39.9 Å². The summed E-state index contributed by atoms with van der Waals surface area (Å²) < 4.78 is 18.8. The molecule has 4 saturated heterocycles. The third kappa shape index (κ3) is 9.70. The Hall–Kier alpha value is -5.39. The number of nitrogens with one attached hydrogen (secondary N) is 2. The Bertz CT molecular complexity index is 2270. The van der Waals surface area contributed by atoms with Crippen LogP contribution in [0.1, 0.15) is 134 Å².